The topological polar surface area (TPSA) is 86.6 Å². The predicted octanol–water partition coefficient (Wildman–Crippen LogP) is 1.88. The van der Waals surface area contributed by atoms with Crippen molar-refractivity contribution in [3.63, 3.8) is 0 Å². The summed E-state index contributed by atoms with van der Waals surface area (Å²) in [5.41, 5.74) is 3.33. The van der Waals surface area contributed by atoms with Crippen LogP contribution in [0.2, 0.25) is 0 Å². The van der Waals surface area contributed by atoms with Crippen LogP contribution in [0, 0.1) is 11.8 Å². The number of fused-ring (bicyclic) bond motifs is 1. The lowest BCUT2D eigenvalue weighted by molar-refractivity contribution is -0.159. The molecule has 170 valence electrons. The molecule has 0 bridgehead atoms. The van der Waals surface area contributed by atoms with E-state index in [9.17, 15) is 14.7 Å². The number of carbonyl (C=O) groups is 2. The standard InChI is InChI=1S/C27H24N4O3/c32-18-24-26(21-11-9-20(10-12-21)8-4-7-19-5-2-1-3-6-19)23-16-30(17-25(33)31(23)24)27(34)22-15-28-13-14-29-22/h1-3,5-6,9-15,23-24,26,32H,7,16-18H2/t23-,24-,26+/m0/s1. The van der Waals surface area contributed by atoms with Crippen LogP contribution in [0.15, 0.2) is 73.2 Å². The molecule has 2 aliphatic heterocycles. The van der Waals surface area contributed by atoms with Gasteiger partial charge in [-0.05, 0) is 23.3 Å². The summed E-state index contributed by atoms with van der Waals surface area (Å²) in [5, 5.41) is 9.99. The fraction of sp³-hybridized carbons (Fsp3) is 0.259. The number of aliphatic hydroxyl groups excluding tert-OH is 1. The number of nitrogens with zero attached hydrogens (tertiary/aromatic N) is 4. The summed E-state index contributed by atoms with van der Waals surface area (Å²) in [7, 11) is 0. The maximum absolute atomic E-state index is 12.9. The quantitative estimate of drug-likeness (QED) is 0.611. The van der Waals surface area contributed by atoms with Crippen molar-refractivity contribution in [1.29, 1.82) is 0 Å². The van der Waals surface area contributed by atoms with Gasteiger partial charge in [-0.1, -0.05) is 54.3 Å². The van der Waals surface area contributed by atoms with E-state index >= 15 is 0 Å². The number of aromatic nitrogens is 2. The zero-order valence-electron chi connectivity index (χ0n) is 18.5. The SMILES string of the molecule is O=C(c1cnccn1)N1CC(=O)N2[C@@H](CO)[C@H](c3ccc(C#CCc4ccccc4)cc3)[C@@H]2C1. The first-order chi connectivity index (χ1) is 16.7. The molecule has 3 aromatic rings. The molecular formula is C27H24N4O3. The molecule has 0 unspecified atom stereocenters. The largest absolute Gasteiger partial charge is 0.394 e. The van der Waals surface area contributed by atoms with Crippen LogP contribution in [0.5, 0.6) is 0 Å². The third kappa shape index (κ3) is 4.16. The molecular weight excluding hydrogens is 428 g/mol. The fourth-order valence-electron chi connectivity index (χ4n) is 4.86. The van der Waals surface area contributed by atoms with Crippen molar-refractivity contribution in [2.75, 3.05) is 19.7 Å². The maximum atomic E-state index is 12.9. The second-order valence-corrected chi connectivity index (χ2v) is 8.51. The van der Waals surface area contributed by atoms with Crippen molar-refractivity contribution in [2.45, 2.75) is 24.4 Å². The highest BCUT2D eigenvalue weighted by Crippen LogP contribution is 2.43. The Hall–Kier alpha value is -4.02. The molecule has 34 heavy (non-hydrogen) atoms. The van der Waals surface area contributed by atoms with Gasteiger partial charge in [0, 0.05) is 36.8 Å². The number of benzene rings is 2. The molecule has 2 aromatic carbocycles. The molecule has 1 N–H and O–H groups in total. The molecule has 5 rings (SSSR count). The van der Waals surface area contributed by atoms with Gasteiger partial charge >= 0.3 is 0 Å². The Balaban J connectivity index is 1.31. The fourth-order valence-corrected chi connectivity index (χ4v) is 4.86. The first kappa shape index (κ1) is 21.8. The first-order valence-corrected chi connectivity index (χ1v) is 11.3. The van der Waals surface area contributed by atoms with Gasteiger partial charge in [0.05, 0.1) is 24.9 Å². The zero-order chi connectivity index (χ0) is 23.5. The van der Waals surface area contributed by atoms with Crippen molar-refractivity contribution in [3.8, 4) is 11.8 Å². The van der Waals surface area contributed by atoms with E-state index < -0.39 is 0 Å². The van der Waals surface area contributed by atoms with Gasteiger partial charge in [0.15, 0.2) is 0 Å². The molecule has 3 heterocycles. The summed E-state index contributed by atoms with van der Waals surface area (Å²) in [6.07, 6.45) is 5.06. The predicted molar refractivity (Wildman–Crippen MR) is 126 cm³/mol. The Morgan fingerprint density at radius 2 is 1.88 bits per heavy atom. The van der Waals surface area contributed by atoms with E-state index in [1.165, 1.54) is 29.1 Å². The van der Waals surface area contributed by atoms with Crippen LogP contribution in [0.1, 0.15) is 33.1 Å². The Bertz CT molecular complexity index is 1240. The highest BCUT2D eigenvalue weighted by molar-refractivity contribution is 5.96. The maximum Gasteiger partial charge on any atom is 0.274 e. The summed E-state index contributed by atoms with van der Waals surface area (Å²) in [6, 6.07) is 17.6. The Labute approximate surface area is 198 Å². The number of piperazine rings is 1. The number of hydrogen-bond donors (Lipinski definition) is 1. The van der Waals surface area contributed by atoms with Gasteiger partial charge in [-0.3, -0.25) is 14.6 Å². The highest BCUT2D eigenvalue weighted by atomic mass is 16.3. The summed E-state index contributed by atoms with van der Waals surface area (Å²) >= 11 is 0. The highest BCUT2D eigenvalue weighted by Gasteiger charge is 2.54. The second-order valence-electron chi connectivity index (χ2n) is 8.51. The molecule has 2 amide bonds. The zero-order valence-corrected chi connectivity index (χ0v) is 18.5. The number of aliphatic hydroxyl groups is 1. The second kappa shape index (κ2) is 9.46. The molecule has 2 fully saturated rings. The van der Waals surface area contributed by atoms with Crippen molar-refractivity contribution in [1.82, 2.24) is 19.8 Å². The molecule has 1 aromatic heterocycles. The number of carbonyl (C=O) groups excluding carboxylic acids is 2. The van der Waals surface area contributed by atoms with E-state index in [0.717, 1.165) is 11.1 Å². The van der Waals surface area contributed by atoms with Gasteiger partial charge in [-0.15, -0.1) is 0 Å². The van der Waals surface area contributed by atoms with Crippen LogP contribution in [0.3, 0.4) is 0 Å². The van der Waals surface area contributed by atoms with Crippen molar-refractivity contribution < 1.29 is 14.7 Å². The minimum absolute atomic E-state index is 0.0227. The molecule has 0 aliphatic carbocycles. The van der Waals surface area contributed by atoms with Crippen LogP contribution in [0.25, 0.3) is 0 Å². The van der Waals surface area contributed by atoms with Gasteiger partial charge in [0.25, 0.3) is 5.91 Å². The van der Waals surface area contributed by atoms with Gasteiger partial charge in [0.2, 0.25) is 5.91 Å². The Kier molecular flexibility index (Phi) is 6.07. The lowest BCUT2D eigenvalue weighted by Gasteiger charge is -2.58. The summed E-state index contributed by atoms with van der Waals surface area (Å²) < 4.78 is 0. The number of hydrogen-bond acceptors (Lipinski definition) is 5. The minimum Gasteiger partial charge on any atom is -0.394 e. The van der Waals surface area contributed by atoms with E-state index in [1.54, 1.807) is 4.90 Å². The molecule has 7 nitrogen and oxygen atoms in total. The summed E-state index contributed by atoms with van der Waals surface area (Å²) in [6.45, 7) is 0.246. The molecule has 0 saturated carbocycles. The Morgan fingerprint density at radius 1 is 1.09 bits per heavy atom. The van der Waals surface area contributed by atoms with Gasteiger partial charge in [-0.25, -0.2) is 4.98 Å². The van der Waals surface area contributed by atoms with Crippen LogP contribution in [-0.2, 0) is 11.2 Å². The molecule has 2 aliphatic rings. The van der Waals surface area contributed by atoms with E-state index in [1.807, 2.05) is 42.5 Å². The van der Waals surface area contributed by atoms with Crippen LogP contribution < -0.4 is 0 Å². The molecule has 0 radical (unpaired) electrons. The van der Waals surface area contributed by atoms with Gasteiger partial charge in [0.1, 0.15) is 12.2 Å². The molecule has 3 atom stereocenters. The van der Waals surface area contributed by atoms with Crippen molar-refractivity contribution >= 4 is 11.8 Å². The molecule has 2 saturated heterocycles. The van der Waals surface area contributed by atoms with Crippen LogP contribution in [0.4, 0.5) is 0 Å². The van der Waals surface area contributed by atoms with Crippen LogP contribution >= 0.6 is 0 Å². The van der Waals surface area contributed by atoms with E-state index in [-0.39, 0.29) is 48.7 Å². The Morgan fingerprint density at radius 3 is 2.59 bits per heavy atom. The average molecular weight is 453 g/mol. The monoisotopic (exact) mass is 452 g/mol. The van der Waals surface area contributed by atoms with Gasteiger partial charge in [-0.2, -0.15) is 0 Å². The normalized spacial score (nSPS) is 21.2. The lowest BCUT2D eigenvalue weighted by atomic mass is 9.73. The third-order valence-corrected chi connectivity index (χ3v) is 6.49. The minimum atomic E-state index is -0.309. The summed E-state index contributed by atoms with van der Waals surface area (Å²) in [5.74, 6) is 5.87. The smallest absolute Gasteiger partial charge is 0.274 e. The van der Waals surface area contributed by atoms with Crippen molar-refractivity contribution in [3.05, 3.63) is 95.6 Å². The number of amides is 2. The lowest BCUT2D eigenvalue weighted by Crippen LogP contribution is -2.73. The first-order valence-electron chi connectivity index (χ1n) is 11.3. The molecule has 7 heteroatoms. The number of rotatable bonds is 4. The van der Waals surface area contributed by atoms with Crippen molar-refractivity contribution in [2.24, 2.45) is 0 Å². The average Bonchev–Trinajstić information content (AvgIpc) is 2.87. The third-order valence-electron chi connectivity index (χ3n) is 6.49. The van der Waals surface area contributed by atoms with E-state index in [0.29, 0.717) is 13.0 Å². The van der Waals surface area contributed by atoms with E-state index in [2.05, 4.69) is 33.9 Å². The van der Waals surface area contributed by atoms with E-state index in [4.69, 9.17) is 0 Å². The summed E-state index contributed by atoms with van der Waals surface area (Å²) in [4.78, 5) is 36.9. The van der Waals surface area contributed by atoms with Gasteiger partial charge < -0.3 is 14.9 Å². The molecule has 0 spiro atoms. The van der Waals surface area contributed by atoms with Crippen LogP contribution in [-0.4, -0.2) is 68.5 Å².